The molecule has 0 aromatic heterocycles. The maximum absolute atomic E-state index is 5.78. The van der Waals surface area contributed by atoms with Gasteiger partial charge in [-0.2, -0.15) is 0 Å². The van der Waals surface area contributed by atoms with Gasteiger partial charge in [-0.25, -0.2) is 0 Å². The quantitative estimate of drug-likeness (QED) is 0.605. The summed E-state index contributed by atoms with van der Waals surface area (Å²) in [7, 11) is 0. The molecule has 0 spiro atoms. The predicted octanol–water partition coefficient (Wildman–Crippen LogP) is 2.57. The second kappa shape index (κ2) is 3.75. The molecule has 1 saturated heterocycles. The first-order valence-electron chi connectivity index (χ1n) is 4.81. The summed E-state index contributed by atoms with van der Waals surface area (Å²) < 4.78 is 11.2. The molecule has 0 bridgehead atoms. The van der Waals surface area contributed by atoms with E-state index in [4.69, 9.17) is 9.47 Å². The van der Waals surface area contributed by atoms with Crippen LogP contribution in [0.15, 0.2) is 0 Å². The van der Waals surface area contributed by atoms with Crippen molar-refractivity contribution in [3.05, 3.63) is 0 Å². The van der Waals surface area contributed by atoms with Crippen LogP contribution < -0.4 is 0 Å². The molecule has 0 aromatic carbocycles. The molecule has 0 aromatic rings. The fourth-order valence-electron chi connectivity index (χ4n) is 1.45. The standard InChI is InChI=1S/C10H20O2/c1-5-9-11-7-6-8(12-9)10(2,3)4/h8-9H,5-7H2,1-4H3. The first-order valence-corrected chi connectivity index (χ1v) is 4.81. The van der Waals surface area contributed by atoms with Crippen molar-refractivity contribution >= 4 is 0 Å². The number of hydrogen-bond acceptors (Lipinski definition) is 2. The average molecular weight is 172 g/mol. The smallest absolute Gasteiger partial charge is 0.157 e. The van der Waals surface area contributed by atoms with Gasteiger partial charge in [0.2, 0.25) is 0 Å². The van der Waals surface area contributed by atoms with Crippen molar-refractivity contribution in [1.82, 2.24) is 0 Å². The molecule has 2 unspecified atom stereocenters. The van der Waals surface area contributed by atoms with Crippen molar-refractivity contribution in [3.8, 4) is 0 Å². The largest absolute Gasteiger partial charge is 0.353 e. The van der Waals surface area contributed by atoms with E-state index in [1.165, 1.54) is 0 Å². The first-order chi connectivity index (χ1) is 5.54. The van der Waals surface area contributed by atoms with Crippen LogP contribution in [-0.4, -0.2) is 19.0 Å². The molecule has 1 fully saturated rings. The second-order valence-corrected chi connectivity index (χ2v) is 4.49. The maximum Gasteiger partial charge on any atom is 0.157 e. The molecule has 72 valence electrons. The molecule has 0 saturated carbocycles. The van der Waals surface area contributed by atoms with E-state index in [1.807, 2.05) is 0 Å². The van der Waals surface area contributed by atoms with Crippen LogP contribution in [0.2, 0.25) is 0 Å². The average Bonchev–Trinajstić information content (AvgIpc) is 2.03. The summed E-state index contributed by atoms with van der Waals surface area (Å²) in [5, 5.41) is 0. The predicted molar refractivity (Wildman–Crippen MR) is 49.0 cm³/mol. The third kappa shape index (κ3) is 2.46. The zero-order valence-electron chi connectivity index (χ0n) is 8.59. The van der Waals surface area contributed by atoms with Crippen LogP contribution in [0.25, 0.3) is 0 Å². The van der Waals surface area contributed by atoms with Gasteiger partial charge in [-0.15, -0.1) is 0 Å². The first kappa shape index (κ1) is 10.0. The van der Waals surface area contributed by atoms with Crippen molar-refractivity contribution in [3.63, 3.8) is 0 Å². The maximum atomic E-state index is 5.78. The van der Waals surface area contributed by atoms with Crippen molar-refractivity contribution in [2.75, 3.05) is 6.61 Å². The molecule has 1 aliphatic heterocycles. The van der Waals surface area contributed by atoms with E-state index in [0.29, 0.717) is 6.10 Å². The topological polar surface area (TPSA) is 18.5 Å². The molecular weight excluding hydrogens is 152 g/mol. The van der Waals surface area contributed by atoms with E-state index in [1.54, 1.807) is 0 Å². The van der Waals surface area contributed by atoms with E-state index in [2.05, 4.69) is 27.7 Å². The van der Waals surface area contributed by atoms with Gasteiger partial charge in [0.15, 0.2) is 6.29 Å². The van der Waals surface area contributed by atoms with Crippen LogP contribution in [0.4, 0.5) is 0 Å². The van der Waals surface area contributed by atoms with Crippen LogP contribution in [0, 0.1) is 5.41 Å². The molecule has 1 heterocycles. The summed E-state index contributed by atoms with van der Waals surface area (Å²) in [6, 6.07) is 0. The van der Waals surface area contributed by atoms with Gasteiger partial charge in [-0.05, 0) is 18.3 Å². The lowest BCUT2D eigenvalue weighted by Gasteiger charge is -2.37. The summed E-state index contributed by atoms with van der Waals surface area (Å²) in [5.41, 5.74) is 0.247. The van der Waals surface area contributed by atoms with Gasteiger partial charge in [-0.3, -0.25) is 0 Å². The molecule has 12 heavy (non-hydrogen) atoms. The van der Waals surface area contributed by atoms with E-state index in [-0.39, 0.29) is 11.7 Å². The normalized spacial score (nSPS) is 32.0. The highest BCUT2D eigenvalue weighted by Crippen LogP contribution is 2.29. The molecule has 2 heteroatoms. The lowest BCUT2D eigenvalue weighted by molar-refractivity contribution is -0.234. The van der Waals surface area contributed by atoms with E-state index >= 15 is 0 Å². The van der Waals surface area contributed by atoms with Gasteiger partial charge in [0, 0.05) is 0 Å². The van der Waals surface area contributed by atoms with Crippen LogP contribution in [0.3, 0.4) is 0 Å². The zero-order chi connectivity index (χ0) is 9.19. The van der Waals surface area contributed by atoms with Gasteiger partial charge < -0.3 is 9.47 Å². The fourth-order valence-corrected chi connectivity index (χ4v) is 1.45. The van der Waals surface area contributed by atoms with E-state index in [9.17, 15) is 0 Å². The van der Waals surface area contributed by atoms with Gasteiger partial charge in [0.05, 0.1) is 12.7 Å². The Morgan fingerprint density at radius 1 is 1.33 bits per heavy atom. The molecule has 1 aliphatic rings. The minimum absolute atomic E-state index is 0.0305. The Morgan fingerprint density at radius 2 is 2.00 bits per heavy atom. The minimum atomic E-state index is 0.0305. The van der Waals surface area contributed by atoms with Gasteiger partial charge >= 0.3 is 0 Å². The second-order valence-electron chi connectivity index (χ2n) is 4.49. The SMILES string of the molecule is CCC1OCCC(C(C)(C)C)O1. The number of ether oxygens (including phenoxy) is 2. The van der Waals surface area contributed by atoms with Gasteiger partial charge in [0.1, 0.15) is 0 Å². The molecule has 0 radical (unpaired) electrons. The highest BCUT2D eigenvalue weighted by atomic mass is 16.7. The lowest BCUT2D eigenvalue weighted by atomic mass is 9.87. The highest BCUT2D eigenvalue weighted by Gasteiger charge is 2.30. The van der Waals surface area contributed by atoms with Crippen molar-refractivity contribution < 1.29 is 9.47 Å². The summed E-state index contributed by atoms with van der Waals surface area (Å²) >= 11 is 0. The summed E-state index contributed by atoms with van der Waals surface area (Å²) in [6.07, 6.45) is 2.37. The van der Waals surface area contributed by atoms with Crippen molar-refractivity contribution in [2.24, 2.45) is 5.41 Å². The summed E-state index contributed by atoms with van der Waals surface area (Å²) in [6.45, 7) is 9.59. The Balaban J connectivity index is 2.46. The molecule has 0 N–H and O–H groups in total. The Morgan fingerprint density at radius 3 is 2.50 bits per heavy atom. The van der Waals surface area contributed by atoms with Gasteiger partial charge in [0.25, 0.3) is 0 Å². The minimum Gasteiger partial charge on any atom is -0.353 e. The van der Waals surface area contributed by atoms with Crippen molar-refractivity contribution in [2.45, 2.75) is 52.9 Å². The Kier molecular flexibility index (Phi) is 3.13. The number of rotatable bonds is 1. The fraction of sp³-hybridized carbons (Fsp3) is 1.00. The number of hydrogen-bond donors (Lipinski definition) is 0. The monoisotopic (exact) mass is 172 g/mol. The zero-order valence-corrected chi connectivity index (χ0v) is 8.59. The van der Waals surface area contributed by atoms with Crippen LogP contribution >= 0.6 is 0 Å². The Hall–Kier alpha value is -0.0800. The summed E-state index contributed by atoms with van der Waals surface area (Å²) in [5.74, 6) is 0. The van der Waals surface area contributed by atoms with Gasteiger partial charge in [-0.1, -0.05) is 27.7 Å². The van der Waals surface area contributed by atoms with E-state index < -0.39 is 0 Å². The molecular formula is C10H20O2. The van der Waals surface area contributed by atoms with Crippen LogP contribution in [0.5, 0.6) is 0 Å². The Labute approximate surface area is 75.2 Å². The van der Waals surface area contributed by atoms with E-state index in [0.717, 1.165) is 19.4 Å². The van der Waals surface area contributed by atoms with Crippen molar-refractivity contribution in [1.29, 1.82) is 0 Å². The third-order valence-corrected chi connectivity index (χ3v) is 2.30. The highest BCUT2D eigenvalue weighted by molar-refractivity contribution is 4.76. The molecule has 0 aliphatic carbocycles. The molecule has 2 atom stereocenters. The molecule has 0 amide bonds. The summed E-state index contributed by atoms with van der Waals surface area (Å²) in [4.78, 5) is 0. The van der Waals surface area contributed by atoms with Crippen LogP contribution in [0.1, 0.15) is 40.5 Å². The third-order valence-electron chi connectivity index (χ3n) is 2.30. The Bertz CT molecular complexity index is 137. The lowest BCUT2D eigenvalue weighted by Crippen LogP contribution is -2.39. The van der Waals surface area contributed by atoms with Crippen LogP contribution in [-0.2, 0) is 9.47 Å². The molecule has 2 nitrogen and oxygen atoms in total. The molecule has 1 rings (SSSR count).